The second-order valence-corrected chi connectivity index (χ2v) is 6.20. The van der Waals surface area contributed by atoms with Crippen LogP contribution in [-0.2, 0) is 16.9 Å². The van der Waals surface area contributed by atoms with Gasteiger partial charge in [0.15, 0.2) is 0 Å². The summed E-state index contributed by atoms with van der Waals surface area (Å²) >= 11 is 5.95. The van der Waals surface area contributed by atoms with Crippen LogP contribution in [0.2, 0.25) is 5.02 Å². The van der Waals surface area contributed by atoms with Crippen LogP contribution < -0.4 is 5.32 Å². The summed E-state index contributed by atoms with van der Waals surface area (Å²) in [5.74, 6) is -0.336. The topological polar surface area (TPSA) is 73.2 Å². The minimum Gasteiger partial charge on any atom is -0.319 e. The molecule has 5 nitrogen and oxygen atoms in total. The Morgan fingerprint density at radius 3 is 2.54 bits per heavy atom. The molecule has 1 aliphatic heterocycles. The van der Waals surface area contributed by atoms with Crippen LogP contribution in [0.1, 0.15) is 23.6 Å². The highest BCUT2D eigenvalue weighted by Crippen LogP contribution is 2.30. The van der Waals surface area contributed by atoms with E-state index < -0.39 is 11.6 Å². The molecule has 0 aromatic heterocycles. The number of carbonyl (C=O) groups excluding carboxylic acids is 2. The molecule has 1 N–H and O–H groups in total. The van der Waals surface area contributed by atoms with Crippen molar-refractivity contribution in [2.45, 2.75) is 19.0 Å². The van der Waals surface area contributed by atoms with Gasteiger partial charge in [-0.1, -0.05) is 35.9 Å². The lowest BCUT2D eigenvalue weighted by Crippen LogP contribution is -2.40. The van der Waals surface area contributed by atoms with E-state index in [0.29, 0.717) is 16.1 Å². The third-order valence-corrected chi connectivity index (χ3v) is 4.33. The van der Waals surface area contributed by atoms with Crippen molar-refractivity contribution < 1.29 is 9.59 Å². The Hall–Kier alpha value is -2.84. The van der Waals surface area contributed by atoms with Crippen molar-refractivity contribution in [1.82, 2.24) is 10.2 Å². The summed E-state index contributed by atoms with van der Waals surface area (Å²) in [4.78, 5) is 26.3. The summed E-state index contributed by atoms with van der Waals surface area (Å²) in [6.45, 7) is 1.81. The van der Waals surface area contributed by atoms with Gasteiger partial charge in [0.05, 0.1) is 18.2 Å². The molecule has 1 atom stereocenters. The standard InChI is InChI=1S/C18H14ClN3O2/c1-18(14-7-5-12(10-20)6-8-14)16(23)22(17(24)21-18)11-13-3-2-4-15(19)9-13/h2-9H,11H2,1H3,(H,21,24). The van der Waals surface area contributed by atoms with Crippen molar-refractivity contribution in [3.63, 3.8) is 0 Å². The molecule has 2 aromatic carbocycles. The number of rotatable bonds is 3. The number of halogens is 1. The Morgan fingerprint density at radius 2 is 1.92 bits per heavy atom. The summed E-state index contributed by atoms with van der Waals surface area (Å²) in [6.07, 6.45) is 0. The number of hydrogen-bond donors (Lipinski definition) is 1. The van der Waals surface area contributed by atoms with E-state index in [4.69, 9.17) is 16.9 Å². The third-order valence-electron chi connectivity index (χ3n) is 4.10. The van der Waals surface area contributed by atoms with Crippen LogP contribution in [0.25, 0.3) is 0 Å². The molecule has 0 saturated carbocycles. The molecule has 1 heterocycles. The Labute approximate surface area is 144 Å². The van der Waals surface area contributed by atoms with Crippen molar-refractivity contribution in [1.29, 1.82) is 5.26 Å². The number of nitrogens with one attached hydrogen (secondary N) is 1. The van der Waals surface area contributed by atoms with E-state index in [9.17, 15) is 9.59 Å². The zero-order valence-electron chi connectivity index (χ0n) is 12.9. The van der Waals surface area contributed by atoms with Gasteiger partial charge in [0, 0.05) is 5.02 Å². The second-order valence-electron chi connectivity index (χ2n) is 5.77. The molecule has 6 heteroatoms. The number of hydrogen-bond acceptors (Lipinski definition) is 3. The summed E-state index contributed by atoms with van der Waals surface area (Å²) in [6, 6.07) is 15.2. The minimum atomic E-state index is -1.15. The highest BCUT2D eigenvalue weighted by molar-refractivity contribution is 6.30. The maximum atomic E-state index is 12.8. The molecule has 0 aliphatic carbocycles. The van der Waals surface area contributed by atoms with Crippen molar-refractivity contribution in [3.05, 3.63) is 70.2 Å². The maximum Gasteiger partial charge on any atom is 0.325 e. The number of amides is 3. The van der Waals surface area contributed by atoms with Crippen LogP contribution in [0.15, 0.2) is 48.5 Å². The number of nitriles is 1. The molecule has 2 aromatic rings. The highest BCUT2D eigenvalue weighted by Gasteiger charge is 2.48. The molecular formula is C18H14ClN3O2. The lowest BCUT2D eigenvalue weighted by Gasteiger charge is -2.22. The molecule has 0 radical (unpaired) electrons. The van der Waals surface area contributed by atoms with E-state index in [1.165, 1.54) is 4.90 Å². The first-order valence-corrected chi connectivity index (χ1v) is 7.71. The SMILES string of the molecule is CC1(c2ccc(C#N)cc2)NC(=O)N(Cc2cccc(Cl)c2)C1=O. The molecular weight excluding hydrogens is 326 g/mol. The van der Waals surface area contributed by atoms with Gasteiger partial charge in [-0.2, -0.15) is 5.26 Å². The zero-order chi connectivity index (χ0) is 17.3. The summed E-state index contributed by atoms with van der Waals surface area (Å²) in [5.41, 5.74) is 0.752. The fourth-order valence-corrected chi connectivity index (χ4v) is 2.95. The lowest BCUT2D eigenvalue weighted by atomic mass is 9.91. The van der Waals surface area contributed by atoms with Crippen LogP contribution in [0.3, 0.4) is 0 Å². The predicted octanol–water partition coefficient (Wildman–Crippen LogP) is 3.18. The fourth-order valence-electron chi connectivity index (χ4n) is 2.73. The Morgan fingerprint density at radius 1 is 1.21 bits per heavy atom. The molecule has 0 spiro atoms. The average Bonchev–Trinajstić information content (AvgIpc) is 2.79. The lowest BCUT2D eigenvalue weighted by molar-refractivity contribution is -0.131. The van der Waals surface area contributed by atoms with Gasteiger partial charge >= 0.3 is 6.03 Å². The second kappa shape index (κ2) is 5.99. The van der Waals surface area contributed by atoms with Crippen LogP contribution in [0, 0.1) is 11.3 Å². The van der Waals surface area contributed by atoms with Crippen molar-refractivity contribution in [2.24, 2.45) is 0 Å². The first-order chi connectivity index (χ1) is 11.4. The molecule has 24 heavy (non-hydrogen) atoms. The van der Waals surface area contributed by atoms with E-state index in [2.05, 4.69) is 5.32 Å². The maximum absolute atomic E-state index is 12.8. The van der Waals surface area contributed by atoms with Crippen molar-refractivity contribution >= 4 is 23.5 Å². The molecule has 3 amide bonds. The Kier molecular flexibility index (Phi) is 4.00. The molecule has 0 bridgehead atoms. The van der Waals surface area contributed by atoms with Crippen LogP contribution in [0.5, 0.6) is 0 Å². The largest absolute Gasteiger partial charge is 0.325 e. The first-order valence-electron chi connectivity index (χ1n) is 7.33. The van der Waals surface area contributed by atoms with Crippen LogP contribution >= 0.6 is 11.6 Å². The number of imide groups is 1. The monoisotopic (exact) mass is 339 g/mol. The number of nitrogens with zero attached hydrogens (tertiary/aromatic N) is 2. The van der Waals surface area contributed by atoms with Crippen molar-refractivity contribution in [3.8, 4) is 6.07 Å². The Balaban J connectivity index is 1.88. The molecule has 1 unspecified atom stereocenters. The molecule has 1 saturated heterocycles. The predicted molar refractivity (Wildman–Crippen MR) is 89.0 cm³/mol. The smallest absolute Gasteiger partial charge is 0.319 e. The summed E-state index contributed by atoms with van der Waals surface area (Å²) in [7, 11) is 0. The van der Waals surface area contributed by atoms with Gasteiger partial charge in [0.1, 0.15) is 5.54 Å². The van der Waals surface area contributed by atoms with Gasteiger partial charge in [-0.05, 0) is 42.3 Å². The van der Waals surface area contributed by atoms with Gasteiger partial charge in [-0.15, -0.1) is 0 Å². The van der Waals surface area contributed by atoms with E-state index in [1.807, 2.05) is 12.1 Å². The van der Waals surface area contributed by atoms with E-state index in [0.717, 1.165) is 5.56 Å². The summed E-state index contributed by atoms with van der Waals surface area (Å²) in [5, 5.41) is 12.2. The molecule has 120 valence electrons. The normalized spacial score (nSPS) is 20.0. The van der Waals surface area contributed by atoms with Crippen molar-refractivity contribution in [2.75, 3.05) is 0 Å². The fraction of sp³-hybridized carbons (Fsp3) is 0.167. The molecule has 3 rings (SSSR count). The van der Waals surface area contributed by atoms with Gasteiger partial charge in [0.2, 0.25) is 0 Å². The molecule has 1 fully saturated rings. The van der Waals surface area contributed by atoms with E-state index >= 15 is 0 Å². The van der Waals surface area contributed by atoms with Crippen LogP contribution in [-0.4, -0.2) is 16.8 Å². The number of carbonyl (C=O) groups is 2. The molecule has 1 aliphatic rings. The van der Waals surface area contributed by atoms with Gasteiger partial charge < -0.3 is 5.32 Å². The van der Waals surface area contributed by atoms with E-state index in [-0.39, 0.29) is 12.5 Å². The van der Waals surface area contributed by atoms with Gasteiger partial charge in [-0.25, -0.2) is 4.79 Å². The Bertz CT molecular complexity index is 857. The van der Waals surface area contributed by atoms with Gasteiger partial charge in [0.25, 0.3) is 5.91 Å². The summed E-state index contributed by atoms with van der Waals surface area (Å²) < 4.78 is 0. The van der Waals surface area contributed by atoms with Crippen LogP contribution in [0.4, 0.5) is 4.79 Å². The average molecular weight is 340 g/mol. The van der Waals surface area contributed by atoms with E-state index in [1.54, 1.807) is 49.4 Å². The zero-order valence-corrected chi connectivity index (χ0v) is 13.7. The third kappa shape index (κ3) is 2.72. The number of benzene rings is 2. The first kappa shape index (κ1) is 16.0. The highest BCUT2D eigenvalue weighted by atomic mass is 35.5. The van der Waals surface area contributed by atoms with Gasteiger partial charge in [-0.3, -0.25) is 9.69 Å². The minimum absolute atomic E-state index is 0.150. The quantitative estimate of drug-likeness (QED) is 0.873. The number of urea groups is 1.